The summed E-state index contributed by atoms with van der Waals surface area (Å²) < 4.78 is 5.65. The number of carbonyl (C=O) groups is 5. The highest BCUT2D eigenvalue weighted by molar-refractivity contribution is 6.23. The molecule has 1 aliphatic carbocycles. The van der Waals surface area contributed by atoms with Crippen LogP contribution < -0.4 is 15.4 Å². The van der Waals surface area contributed by atoms with Crippen LogP contribution in [0.5, 0.6) is 5.75 Å². The number of piperidine rings is 1. The maximum Gasteiger partial charge on any atom is 0.262 e. The van der Waals surface area contributed by atoms with E-state index in [4.69, 9.17) is 4.74 Å². The topological polar surface area (TPSA) is 122 Å². The summed E-state index contributed by atoms with van der Waals surface area (Å²) in [5, 5.41) is 5.25. The van der Waals surface area contributed by atoms with E-state index in [1.165, 1.54) is 23.8 Å². The van der Waals surface area contributed by atoms with Gasteiger partial charge in [0.15, 0.2) is 6.61 Å². The second-order valence-corrected chi connectivity index (χ2v) is 9.33. The molecule has 5 rings (SSSR count). The molecule has 2 aromatic rings. The zero-order chi connectivity index (χ0) is 24.7. The average Bonchev–Trinajstić information content (AvgIpc) is 3.07. The van der Waals surface area contributed by atoms with E-state index >= 15 is 0 Å². The van der Waals surface area contributed by atoms with Crippen LogP contribution in [-0.2, 0) is 26.3 Å². The number of hydrogen-bond donors (Lipinski definition) is 2. The minimum absolute atomic E-state index is 0.0523. The molecule has 9 nitrogen and oxygen atoms in total. The molecule has 0 saturated carbocycles. The Balaban J connectivity index is 1.26. The summed E-state index contributed by atoms with van der Waals surface area (Å²) in [4.78, 5) is 63.0. The summed E-state index contributed by atoms with van der Waals surface area (Å²) in [6.07, 6.45) is 2.91. The molecule has 2 aliphatic heterocycles. The first kappa shape index (κ1) is 22.8. The molecular formula is C26H25N3O6. The second kappa shape index (κ2) is 8.65. The predicted octanol–water partition coefficient (Wildman–Crippen LogP) is 1.83. The summed E-state index contributed by atoms with van der Waals surface area (Å²) in [5.74, 6) is -2.34. The fourth-order valence-corrected chi connectivity index (χ4v) is 5.21. The Morgan fingerprint density at radius 3 is 2.66 bits per heavy atom. The maximum atomic E-state index is 13.0. The Hall–Kier alpha value is -4.01. The lowest BCUT2D eigenvalue weighted by Crippen LogP contribution is -2.54. The molecular weight excluding hydrogens is 450 g/mol. The number of fused-ring (bicyclic) bond motifs is 2. The van der Waals surface area contributed by atoms with Gasteiger partial charge >= 0.3 is 0 Å². The molecule has 2 unspecified atom stereocenters. The van der Waals surface area contributed by atoms with Crippen LogP contribution in [0.1, 0.15) is 64.4 Å². The number of amides is 5. The Labute approximate surface area is 201 Å². The van der Waals surface area contributed by atoms with Gasteiger partial charge in [0.1, 0.15) is 11.8 Å². The highest BCUT2D eigenvalue weighted by atomic mass is 16.5. The van der Waals surface area contributed by atoms with Crippen LogP contribution in [0.3, 0.4) is 0 Å². The molecule has 2 N–H and O–H groups in total. The molecule has 180 valence electrons. The normalized spacial score (nSPS) is 23.5. The summed E-state index contributed by atoms with van der Waals surface area (Å²) in [5.41, 5.74) is 2.10. The summed E-state index contributed by atoms with van der Waals surface area (Å²) in [6, 6.07) is 11.4. The lowest BCUT2D eigenvalue weighted by atomic mass is 9.78. The van der Waals surface area contributed by atoms with Crippen LogP contribution in [0.4, 0.5) is 0 Å². The third-order valence-electron chi connectivity index (χ3n) is 6.93. The fraction of sp³-hybridized carbons (Fsp3) is 0.346. The molecule has 9 heteroatoms. The summed E-state index contributed by atoms with van der Waals surface area (Å²) >= 11 is 0. The van der Waals surface area contributed by atoms with Gasteiger partial charge in [-0.3, -0.25) is 34.2 Å². The Bertz CT molecular complexity index is 1270. The van der Waals surface area contributed by atoms with Crippen molar-refractivity contribution in [2.75, 3.05) is 6.61 Å². The van der Waals surface area contributed by atoms with Gasteiger partial charge in [0, 0.05) is 6.42 Å². The van der Waals surface area contributed by atoms with Crippen molar-refractivity contribution in [3.63, 3.8) is 0 Å². The molecule has 2 aromatic carbocycles. The molecule has 1 fully saturated rings. The monoisotopic (exact) mass is 475 g/mol. The lowest BCUT2D eigenvalue weighted by Gasteiger charge is -2.36. The molecule has 35 heavy (non-hydrogen) atoms. The quantitative estimate of drug-likeness (QED) is 0.637. The van der Waals surface area contributed by atoms with E-state index in [1.807, 2.05) is 25.1 Å². The van der Waals surface area contributed by atoms with Gasteiger partial charge in [0.25, 0.3) is 17.7 Å². The highest BCUT2D eigenvalue weighted by Gasteiger charge is 2.44. The molecule has 2 atom stereocenters. The van der Waals surface area contributed by atoms with E-state index < -0.39 is 35.2 Å². The molecule has 0 bridgehead atoms. The van der Waals surface area contributed by atoms with Crippen molar-refractivity contribution >= 4 is 29.5 Å². The minimum atomic E-state index is -1.03. The average molecular weight is 476 g/mol. The number of nitrogens with zero attached hydrogens (tertiary/aromatic N) is 1. The van der Waals surface area contributed by atoms with Crippen LogP contribution >= 0.6 is 0 Å². The Morgan fingerprint density at radius 1 is 1.09 bits per heavy atom. The molecule has 5 amide bonds. The zero-order valence-electron chi connectivity index (χ0n) is 19.3. The van der Waals surface area contributed by atoms with E-state index in [1.54, 1.807) is 0 Å². The van der Waals surface area contributed by atoms with Crippen LogP contribution in [0.2, 0.25) is 0 Å². The summed E-state index contributed by atoms with van der Waals surface area (Å²) in [7, 11) is 0. The standard InChI is InChI=1S/C26H25N3O6/c1-26(12-4-6-15-5-2-3-7-19(15)26)28-22(31)14-35-16-8-9-17-18(13-16)25(34)29(24(17)33)20-10-11-21(30)27-23(20)32/h2-3,5,7-9,13,20H,4,6,10-12,14H2,1H3,(H,28,31)(H,27,30,32). The van der Waals surface area contributed by atoms with Crippen LogP contribution in [0.25, 0.3) is 0 Å². The first-order valence-corrected chi connectivity index (χ1v) is 11.6. The van der Waals surface area contributed by atoms with Crippen molar-refractivity contribution in [1.82, 2.24) is 15.5 Å². The molecule has 0 aromatic heterocycles. The fourth-order valence-electron chi connectivity index (χ4n) is 5.21. The SMILES string of the molecule is CC1(NC(=O)COc2ccc3c(c2)C(=O)N(C2CCC(=O)NC2=O)C3=O)CCCc2ccccc21. The second-order valence-electron chi connectivity index (χ2n) is 9.33. The summed E-state index contributed by atoms with van der Waals surface area (Å²) in [6.45, 7) is 1.75. The first-order valence-electron chi connectivity index (χ1n) is 11.6. The van der Waals surface area contributed by atoms with Gasteiger partial charge < -0.3 is 10.1 Å². The van der Waals surface area contributed by atoms with Crippen molar-refractivity contribution in [1.29, 1.82) is 0 Å². The number of nitrogens with one attached hydrogen (secondary N) is 2. The predicted molar refractivity (Wildman–Crippen MR) is 123 cm³/mol. The first-order chi connectivity index (χ1) is 16.8. The van der Waals surface area contributed by atoms with Crippen molar-refractivity contribution in [3.05, 3.63) is 64.7 Å². The van der Waals surface area contributed by atoms with E-state index in [2.05, 4.69) is 16.7 Å². The number of imide groups is 2. The number of carbonyl (C=O) groups excluding carboxylic acids is 5. The van der Waals surface area contributed by atoms with Gasteiger partial charge in [-0.2, -0.15) is 0 Å². The minimum Gasteiger partial charge on any atom is -0.484 e. The van der Waals surface area contributed by atoms with E-state index in [0.29, 0.717) is 0 Å². The molecule has 1 saturated heterocycles. The number of benzene rings is 2. The van der Waals surface area contributed by atoms with Crippen molar-refractivity contribution in [2.45, 2.75) is 50.6 Å². The van der Waals surface area contributed by atoms with Crippen LogP contribution in [-0.4, -0.2) is 47.1 Å². The number of ether oxygens (including phenoxy) is 1. The van der Waals surface area contributed by atoms with E-state index in [9.17, 15) is 24.0 Å². The molecule has 0 spiro atoms. The van der Waals surface area contributed by atoms with Gasteiger partial charge in [0.2, 0.25) is 11.8 Å². The van der Waals surface area contributed by atoms with Crippen molar-refractivity contribution in [3.8, 4) is 5.75 Å². The zero-order valence-corrected chi connectivity index (χ0v) is 19.3. The third-order valence-corrected chi connectivity index (χ3v) is 6.93. The molecule has 2 heterocycles. The number of aryl methyl sites for hydroxylation is 1. The highest BCUT2D eigenvalue weighted by Crippen LogP contribution is 2.35. The van der Waals surface area contributed by atoms with Gasteiger partial charge in [-0.25, -0.2) is 0 Å². The third kappa shape index (κ3) is 4.07. The molecule has 0 radical (unpaired) electrons. The van der Waals surface area contributed by atoms with E-state index in [-0.39, 0.29) is 42.2 Å². The van der Waals surface area contributed by atoms with Gasteiger partial charge in [0.05, 0.1) is 16.7 Å². The van der Waals surface area contributed by atoms with Gasteiger partial charge in [-0.15, -0.1) is 0 Å². The maximum absolute atomic E-state index is 13.0. The van der Waals surface area contributed by atoms with Crippen molar-refractivity contribution in [2.24, 2.45) is 0 Å². The number of hydrogen-bond acceptors (Lipinski definition) is 6. The van der Waals surface area contributed by atoms with E-state index in [0.717, 1.165) is 29.7 Å². The van der Waals surface area contributed by atoms with Crippen molar-refractivity contribution < 1.29 is 28.7 Å². The van der Waals surface area contributed by atoms with Gasteiger partial charge in [-0.05, 0) is 61.9 Å². The Morgan fingerprint density at radius 2 is 1.86 bits per heavy atom. The lowest BCUT2D eigenvalue weighted by molar-refractivity contribution is -0.136. The van der Waals surface area contributed by atoms with Gasteiger partial charge in [-0.1, -0.05) is 24.3 Å². The molecule has 3 aliphatic rings. The number of rotatable bonds is 5. The van der Waals surface area contributed by atoms with Crippen LogP contribution in [0, 0.1) is 0 Å². The smallest absolute Gasteiger partial charge is 0.262 e. The Kier molecular flexibility index (Phi) is 5.62. The van der Waals surface area contributed by atoms with Crippen LogP contribution in [0.15, 0.2) is 42.5 Å². The largest absolute Gasteiger partial charge is 0.484 e.